The number of carbonyl (C=O) groups excluding carboxylic acids is 1. The normalized spacial score (nSPS) is 23.7. The summed E-state index contributed by atoms with van der Waals surface area (Å²) in [5.41, 5.74) is 0.589. The summed E-state index contributed by atoms with van der Waals surface area (Å²) in [6.07, 6.45) is 6.84. The number of pyridine rings is 1. The van der Waals surface area contributed by atoms with Gasteiger partial charge >= 0.3 is 5.97 Å². The van der Waals surface area contributed by atoms with Crippen molar-refractivity contribution in [1.29, 1.82) is 5.26 Å². The summed E-state index contributed by atoms with van der Waals surface area (Å²) < 4.78 is 7.52. The molecule has 1 aromatic rings. The molecule has 3 unspecified atom stereocenters. The number of carbonyl (C=O) groups is 1. The second-order valence-corrected chi connectivity index (χ2v) is 6.73. The highest BCUT2D eigenvalue weighted by atomic mass is 35.5. The van der Waals surface area contributed by atoms with E-state index in [2.05, 4.69) is 26.8 Å². The average Bonchev–Trinajstić information content (AvgIpc) is 2.47. The minimum absolute atomic E-state index is 0. The number of ether oxygens (including phenoxy) is 1. The zero-order valence-electron chi connectivity index (χ0n) is 14.0. The zero-order valence-corrected chi connectivity index (χ0v) is 14.8. The van der Waals surface area contributed by atoms with Gasteiger partial charge in [-0.2, -0.15) is 9.83 Å². The van der Waals surface area contributed by atoms with Crippen molar-refractivity contribution in [2.24, 2.45) is 17.8 Å². The molecule has 23 heavy (non-hydrogen) atoms. The van der Waals surface area contributed by atoms with Gasteiger partial charge in [0.1, 0.15) is 6.10 Å². The molecule has 1 heterocycles. The monoisotopic (exact) mass is 336 g/mol. The summed E-state index contributed by atoms with van der Waals surface area (Å²) in [6, 6.07) is 5.47. The maximum atomic E-state index is 12.2. The lowest BCUT2D eigenvalue weighted by Gasteiger charge is -2.36. The second kappa shape index (κ2) is 8.88. The van der Waals surface area contributed by atoms with Gasteiger partial charge < -0.3 is 17.1 Å². The van der Waals surface area contributed by atoms with Crippen molar-refractivity contribution in [3.05, 3.63) is 30.1 Å². The Bertz CT molecular complexity index is 551. The number of rotatable bonds is 4. The summed E-state index contributed by atoms with van der Waals surface area (Å²) in [4.78, 5) is 12.2. The molecule has 1 aliphatic carbocycles. The Morgan fingerprint density at radius 1 is 1.39 bits per heavy atom. The van der Waals surface area contributed by atoms with Crippen molar-refractivity contribution in [3.63, 3.8) is 0 Å². The number of hydrogen-bond acceptors (Lipinski definition) is 3. The van der Waals surface area contributed by atoms with Gasteiger partial charge in [-0.15, -0.1) is 0 Å². The van der Waals surface area contributed by atoms with Crippen molar-refractivity contribution >= 4 is 5.97 Å². The van der Waals surface area contributed by atoms with Crippen LogP contribution in [0.3, 0.4) is 0 Å². The Morgan fingerprint density at radius 2 is 2.04 bits per heavy atom. The number of aromatic nitrogens is 1. The molecule has 0 bridgehead atoms. The first-order chi connectivity index (χ1) is 10.5. The van der Waals surface area contributed by atoms with Gasteiger partial charge in [-0.05, 0) is 30.6 Å². The lowest BCUT2D eigenvalue weighted by molar-refractivity contribution is -0.686. The highest BCUT2D eigenvalue weighted by molar-refractivity contribution is 5.67. The first-order valence-corrected chi connectivity index (χ1v) is 8.08. The third kappa shape index (κ3) is 5.51. The van der Waals surface area contributed by atoms with Crippen LogP contribution < -0.4 is 17.0 Å². The van der Waals surface area contributed by atoms with Crippen LogP contribution in [0.15, 0.2) is 24.5 Å². The molecule has 1 aromatic heterocycles. The molecular formula is C18H25ClN2O2. The van der Waals surface area contributed by atoms with Crippen LogP contribution in [-0.2, 0) is 16.1 Å². The van der Waals surface area contributed by atoms with E-state index in [-0.39, 0.29) is 31.0 Å². The predicted molar refractivity (Wildman–Crippen MR) is 82.6 cm³/mol. The van der Waals surface area contributed by atoms with E-state index in [1.54, 1.807) is 29.1 Å². The summed E-state index contributed by atoms with van der Waals surface area (Å²) in [5.74, 6) is 1.42. The molecule has 4 nitrogen and oxygen atoms in total. The molecule has 126 valence electrons. The van der Waals surface area contributed by atoms with Gasteiger partial charge in [-0.25, -0.2) is 4.79 Å². The molecule has 0 radical (unpaired) electrons. The van der Waals surface area contributed by atoms with Crippen LogP contribution in [-0.4, -0.2) is 12.1 Å². The van der Waals surface area contributed by atoms with Gasteiger partial charge in [0.25, 0.3) is 0 Å². The van der Waals surface area contributed by atoms with E-state index in [1.807, 2.05) is 0 Å². The highest BCUT2D eigenvalue weighted by Gasteiger charge is 2.33. The van der Waals surface area contributed by atoms with E-state index >= 15 is 0 Å². The SMILES string of the molecule is CC1CCC(C(C)C)C(OC(=O)C[n+]2ccc(C#N)cc2)C1.[Cl-]. The average molecular weight is 337 g/mol. The van der Waals surface area contributed by atoms with E-state index in [4.69, 9.17) is 10.00 Å². The van der Waals surface area contributed by atoms with Gasteiger partial charge in [0, 0.05) is 12.1 Å². The maximum Gasteiger partial charge on any atom is 0.372 e. The molecule has 0 aromatic carbocycles. The summed E-state index contributed by atoms with van der Waals surface area (Å²) in [5, 5.41) is 8.78. The number of hydrogen-bond donors (Lipinski definition) is 0. The largest absolute Gasteiger partial charge is 1.00 e. The number of esters is 1. The minimum atomic E-state index is -0.195. The van der Waals surface area contributed by atoms with E-state index in [1.165, 1.54) is 6.42 Å². The van der Waals surface area contributed by atoms with Crippen LogP contribution in [0.25, 0.3) is 0 Å². The molecule has 1 saturated carbocycles. The Hall–Kier alpha value is -1.60. The fraction of sp³-hybridized carbons (Fsp3) is 0.611. The Balaban J connectivity index is 0.00000264. The van der Waals surface area contributed by atoms with Crippen molar-refractivity contribution < 1.29 is 26.5 Å². The van der Waals surface area contributed by atoms with Gasteiger partial charge in [-0.1, -0.05) is 27.2 Å². The lowest BCUT2D eigenvalue weighted by Crippen LogP contribution is -3.00. The third-order valence-electron chi connectivity index (χ3n) is 4.58. The molecule has 0 spiro atoms. The molecule has 1 aliphatic rings. The van der Waals surface area contributed by atoms with Gasteiger partial charge in [0.15, 0.2) is 12.4 Å². The third-order valence-corrected chi connectivity index (χ3v) is 4.58. The summed E-state index contributed by atoms with van der Waals surface area (Å²) in [6.45, 7) is 6.84. The molecule has 3 atom stereocenters. The first-order valence-electron chi connectivity index (χ1n) is 8.08. The van der Waals surface area contributed by atoms with E-state index in [9.17, 15) is 4.79 Å². The van der Waals surface area contributed by atoms with E-state index in [0.29, 0.717) is 23.3 Å². The minimum Gasteiger partial charge on any atom is -1.00 e. The zero-order chi connectivity index (χ0) is 16.1. The topological polar surface area (TPSA) is 54.0 Å². The molecule has 0 saturated heterocycles. The summed E-state index contributed by atoms with van der Waals surface area (Å²) in [7, 11) is 0. The van der Waals surface area contributed by atoms with Gasteiger partial charge in [-0.3, -0.25) is 0 Å². The molecule has 0 amide bonds. The summed E-state index contributed by atoms with van der Waals surface area (Å²) >= 11 is 0. The van der Waals surface area contributed by atoms with E-state index in [0.717, 1.165) is 12.8 Å². The first kappa shape index (κ1) is 19.4. The van der Waals surface area contributed by atoms with Crippen LogP contribution in [0.2, 0.25) is 0 Å². The maximum absolute atomic E-state index is 12.2. The highest BCUT2D eigenvalue weighted by Crippen LogP contribution is 2.35. The molecule has 0 N–H and O–H groups in total. The van der Waals surface area contributed by atoms with Crippen molar-refractivity contribution in [2.75, 3.05) is 0 Å². The van der Waals surface area contributed by atoms with Crippen LogP contribution in [0.1, 0.15) is 45.6 Å². The van der Waals surface area contributed by atoms with Gasteiger partial charge in [0.2, 0.25) is 6.54 Å². The fourth-order valence-corrected chi connectivity index (χ4v) is 3.24. The van der Waals surface area contributed by atoms with Crippen LogP contribution in [0.5, 0.6) is 0 Å². The fourth-order valence-electron chi connectivity index (χ4n) is 3.24. The molecule has 1 fully saturated rings. The van der Waals surface area contributed by atoms with Crippen molar-refractivity contribution in [1.82, 2.24) is 0 Å². The van der Waals surface area contributed by atoms with Crippen LogP contribution in [0.4, 0.5) is 0 Å². The smallest absolute Gasteiger partial charge is 0.372 e. The number of nitrogens with zero attached hydrogens (tertiary/aromatic N) is 2. The lowest BCUT2D eigenvalue weighted by atomic mass is 9.75. The Kier molecular flexibility index (Phi) is 7.51. The number of nitriles is 1. The van der Waals surface area contributed by atoms with Crippen molar-refractivity contribution in [2.45, 2.75) is 52.7 Å². The molecule has 0 aliphatic heterocycles. The van der Waals surface area contributed by atoms with Crippen LogP contribution >= 0.6 is 0 Å². The predicted octanol–water partition coefficient (Wildman–Crippen LogP) is -0.146. The van der Waals surface area contributed by atoms with Gasteiger partial charge in [0.05, 0.1) is 11.6 Å². The standard InChI is InChI=1S/C18H25N2O2.ClH/c1-13(2)16-5-4-14(3)10-17(16)22-18(21)12-20-8-6-15(11-19)7-9-20;/h6-9,13-14,16-17H,4-5,10,12H2,1-3H3;1H/q+1;/p-1. The van der Waals surface area contributed by atoms with E-state index < -0.39 is 0 Å². The molecule has 2 rings (SSSR count). The molecular weight excluding hydrogens is 312 g/mol. The quantitative estimate of drug-likeness (QED) is 0.568. The Morgan fingerprint density at radius 3 is 2.61 bits per heavy atom. The van der Waals surface area contributed by atoms with Crippen molar-refractivity contribution in [3.8, 4) is 6.07 Å². The van der Waals surface area contributed by atoms with Crippen LogP contribution in [0, 0.1) is 29.1 Å². The Labute approximate surface area is 144 Å². The molecule has 5 heteroatoms. The number of halogens is 1. The second-order valence-electron chi connectivity index (χ2n) is 6.73.